The third-order valence-electron chi connectivity index (χ3n) is 4.22. The summed E-state index contributed by atoms with van der Waals surface area (Å²) in [5.74, 6) is 0. The summed E-state index contributed by atoms with van der Waals surface area (Å²) < 4.78 is 12.4. The summed E-state index contributed by atoms with van der Waals surface area (Å²) >= 11 is 0. The molecule has 1 heterocycles. The van der Waals surface area contributed by atoms with Gasteiger partial charge in [-0.05, 0) is 31.2 Å². The van der Waals surface area contributed by atoms with Crippen molar-refractivity contribution in [1.82, 2.24) is 0 Å². The van der Waals surface area contributed by atoms with E-state index < -0.39 is 10.8 Å². The van der Waals surface area contributed by atoms with Gasteiger partial charge in [0.2, 0.25) is 0 Å². The number of para-hydroxylation sites is 2. The third-order valence-corrected chi connectivity index (χ3v) is 5.71. The summed E-state index contributed by atoms with van der Waals surface area (Å²) in [7, 11) is 2.14. The quantitative estimate of drug-likeness (QED) is 0.645. The maximum absolute atomic E-state index is 12.8. The van der Waals surface area contributed by atoms with Gasteiger partial charge in [0.15, 0.2) is 0 Å². The first-order valence-corrected chi connectivity index (χ1v) is 8.46. The normalized spacial score (nSPS) is 16.1. The maximum atomic E-state index is 12.8. The Kier molecular flexibility index (Phi) is 3.80. The summed E-state index contributed by atoms with van der Waals surface area (Å²) in [5.41, 5.74) is 1.86. The van der Waals surface area contributed by atoms with E-state index >= 15 is 0 Å². The fraction of sp³-hybridized carbons (Fsp3) is 0.294. The summed E-state index contributed by atoms with van der Waals surface area (Å²) in [6.07, 6.45) is 0. The first-order valence-electron chi connectivity index (χ1n) is 7.31. The monoisotopic (exact) mass is 316 g/mol. The van der Waals surface area contributed by atoms with Gasteiger partial charge in [0.25, 0.3) is 0 Å². The Hall–Kier alpha value is -1.69. The fourth-order valence-corrected chi connectivity index (χ4v) is 3.96. The number of fused-ring (bicyclic) bond motifs is 2. The second-order valence-corrected chi connectivity index (χ2v) is 7.52. The number of nitrogens with zero attached hydrogens (tertiary/aromatic N) is 2. The molecule has 0 bridgehead atoms. The van der Waals surface area contributed by atoms with E-state index in [2.05, 4.69) is 4.90 Å². The topological polar surface area (TPSA) is 43.4 Å². The molecule has 0 aromatic heterocycles. The Morgan fingerprint density at radius 2 is 1.50 bits per heavy atom. The van der Waals surface area contributed by atoms with E-state index in [1.807, 2.05) is 55.5 Å². The highest BCUT2D eigenvalue weighted by Crippen LogP contribution is 2.41. The van der Waals surface area contributed by atoms with Crippen LogP contribution in [0.25, 0.3) is 0 Å². The fourth-order valence-electron chi connectivity index (χ4n) is 2.58. The van der Waals surface area contributed by atoms with E-state index in [0.717, 1.165) is 21.2 Å². The van der Waals surface area contributed by atoms with Crippen molar-refractivity contribution in [3.63, 3.8) is 0 Å². The van der Waals surface area contributed by atoms with Gasteiger partial charge in [-0.1, -0.05) is 24.3 Å². The van der Waals surface area contributed by atoms with Crippen LogP contribution in [0.3, 0.4) is 0 Å². The lowest BCUT2D eigenvalue weighted by atomic mass is 10.2. The SMILES string of the molecule is CC(CN1c2ccccc2S(=O)c2ccccc21)[N+](C)(C)[O-]. The minimum atomic E-state index is -1.17. The molecule has 0 radical (unpaired) electrons. The van der Waals surface area contributed by atoms with E-state index in [1.165, 1.54) is 0 Å². The molecule has 4 nitrogen and oxygen atoms in total. The number of hydrogen-bond acceptors (Lipinski definition) is 3. The lowest BCUT2D eigenvalue weighted by Gasteiger charge is -2.43. The highest BCUT2D eigenvalue weighted by molar-refractivity contribution is 7.85. The molecule has 0 saturated carbocycles. The van der Waals surface area contributed by atoms with Crippen LogP contribution in [0.4, 0.5) is 11.4 Å². The average Bonchev–Trinajstić information content (AvgIpc) is 2.50. The van der Waals surface area contributed by atoms with Crippen LogP contribution in [-0.4, -0.2) is 35.5 Å². The van der Waals surface area contributed by atoms with Gasteiger partial charge in [-0.25, -0.2) is 4.21 Å². The smallest absolute Gasteiger partial charge is 0.104 e. The molecule has 116 valence electrons. The molecule has 3 rings (SSSR count). The lowest BCUT2D eigenvalue weighted by Crippen LogP contribution is -2.48. The van der Waals surface area contributed by atoms with Gasteiger partial charge in [-0.3, -0.25) is 0 Å². The van der Waals surface area contributed by atoms with E-state index in [1.54, 1.807) is 14.1 Å². The van der Waals surface area contributed by atoms with Crippen molar-refractivity contribution in [2.24, 2.45) is 0 Å². The third kappa shape index (κ3) is 2.56. The molecular weight excluding hydrogens is 296 g/mol. The lowest BCUT2D eigenvalue weighted by molar-refractivity contribution is -0.862. The van der Waals surface area contributed by atoms with Crippen LogP contribution in [0, 0.1) is 5.21 Å². The van der Waals surface area contributed by atoms with Crippen molar-refractivity contribution in [2.75, 3.05) is 25.5 Å². The molecule has 0 aliphatic carbocycles. The molecule has 0 amide bonds. The largest absolute Gasteiger partial charge is 0.633 e. The predicted molar refractivity (Wildman–Crippen MR) is 89.5 cm³/mol. The Bertz CT molecular complexity index is 675. The van der Waals surface area contributed by atoms with Crippen molar-refractivity contribution < 1.29 is 8.86 Å². The van der Waals surface area contributed by atoms with Gasteiger partial charge in [0.1, 0.15) is 6.04 Å². The predicted octanol–water partition coefficient (Wildman–Crippen LogP) is 3.27. The molecule has 1 aliphatic rings. The van der Waals surface area contributed by atoms with Crippen molar-refractivity contribution in [3.05, 3.63) is 53.7 Å². The molecule has 0 N–H and O–H groups in total. The van der Waals surface area contributed by atoms with Crippen molar-refractivity contribution in [3.8, 4) is 0 Å². The summed E-state index contributed by atoms with van der Waals surface area (Å²) in [6, 6.07) is 15.3. The van der Waals surface area contributed by atoms with Crippen molar-refractivity contribution in [1.29, 1.82) is 0 Å². The van der Waals surface area contributed by atoms with Gasteiger partial charge in [0.05, 0.1) is 52.6 Å². The highest BCUT2D eigenvalue weighted by atomic mass is 32.2. The van der Waals surface area contributed by atoms with Crippen molar-refractivity contribution in [2.45, 2.75) is 22.8 Å². The Morgan fingerprint density at radius 1 is 1.05 bits per heavy atom. The Balaban J connectivity index is 2.10. The van der Waals surface area contributed by atoms with Crippen LogP contribution in [0.15, 0.2) is 58.3 Å². The molecule has 1 atom stereocenters. The zero-order valence-electron chi connectivity index (χ0n) is 13.0. The average molecular weight is 316 g/mol. The standard InChI is InChI=1S/C17H20N2O2S/c1-13(19(2,3)20)12-18-14-8-4-6-10-16(14)22(21)17-11-7-5-9-15(17)18/h4-11,13H,12H2,1-3H3. The first kappa shape index (κ1) is 15.2. The van der Waals surface area contributed by atoms with E-state index in [9.17, 15) is 9.42 Å². The summed E-state index contributed by atoms with van der Waals surface area (Å²) in [5, 5.41) is 12.2. The number of hydrogen-bond donors (Lipinski definition) is 0. The first-order chi connectivity index (χ1) is 10.4. The second-order valence-electron chi connectivity index (χ2n) is 6.10. The molecule has 5 heteroatoms. The van der Waals surface area contributed by atoms with Crippen LogP contribution >= 0.6 is 0 Å². The molecule has 0 fully saturated rings. The van der Waals surface area contributed by atoms with Crippen LogP contribution in [-0.2, 0) is 10.8 Å². The number of rotatable bonds is 3. The molecular formula is C17H20N2O2S. The Morgan fingerprint density at radius 3 is 1.95 bits per heavy atom. The zero-order valence-corrected chi connectivity index (χ0v) is 13.8. The number of anilines is 2. The number of benzene rings is 2. The van der Waals surface area contributed by atoms with Crippen LogP contribution < -0.4 is 4.90 Å². The van der Waals surface area contributed by atoms with Crippen LogP contribution in [0.5, 0.6) is 0 Å². The highest BCUT2D eigenvalue weighted by Gasteiger charge is 2.30. The zero-order chi connectivity index (χ0) is 15.9. The Labute approximate surface area is 133 Å². The van der Waals surface area contributed by atoms with Gasteiger partial charge < -0.3 is 14.8 Å². The van der Waals surface area contributed by atoms with Crippen LogP contribution in [0.2, 0.25) is 0 Å². The number of likely N-dealkylation sites (N-methyl/N-ethyl adjacent to an activating group) is 1. The van der Waals surface area contributed by atoms with E-state index in [4.69, 9.17) is 0 Å². The minimum absolute atomic E-state index is 0.104. The molecule has 0 spiro atoms. The molecule has 22 heavy (non-hydrogen) atoms. The summed E-state index contributed by atoms with van der Waals surface area (Å²) in [4.78, 5) is 3.74. The van der Waals surface area contributed by atoms with Gasteiger partial charge >= 0.3 is 0 Å². The molecule has 0 saturated heterocycles. The van der Waals surface area contributed by atoms with E-state index in [-0.39, 0.29) is 10.7 Å². The number of hydroxylamine groups is 3. The molecule has 2 aromatic carbocycles. The summed E-state index contributed by atoms with van der Waals surface area (Å²) in [6.45, 7) is 2.53. The maximum Gasteiger partial charge on any atom is 0.104 e. The van der Waals surface area contributed by atoms with E-state index in [0.29, 0.717) is 6.54 Å². The van der Waals surface area contributed by atoms with Crippen molar-refractivity contribution >= 4 is 22.2 Å². The van der Waals surface area contributed by atoms with Gasteiger partial charge in [-0.15, -0.1) is 0 Å². The molecule has 1 unspecified atom stereocenters. The minimum Gasteiger partial charge on any atom is -0.633 e. The van der Waals surface area contributed by atoms with Crippen LogP contribution in [0.1, 0.15) is 6.92 Å². The van der Waals surface area contributed by atoms with Gasteiger partial charge in [0, 0.05) is 0 Å². The molecule has 1 aliphatic heterocycles. The molecule has 2 aromatic rings. The van der Waals surface area contributed by atoms with Gasteiger partial charge in [-0.2, -0.15) is 0 Å². The number of quaternary nitrogens is 1. The second kappa shape index (κ2) is 5.50.